The molecule has 0 saturated carbocycles. The van der Waals surface area contributed by atoms with E-state index < -0.39 is 0 Å². The van der Waals surface area contributed by atoms with Crippen LogP contribution in [0.1, 0.15) is 219 Å². The summed E-state index contributed by atoms with van der Waals surface area (Å²) in [4.78, 5) is 18.5. The van der Waals surface area contributed by atoms with Crippen LogP contribution in [0, 0.1) is 0 Å². The number of hydrogen-bond acceptors (Lipinski definition) is 2. The molecule has 0 aliphatic heterocycles. The Balaban J connectivity index is 3.58. The van der Waals surface area contributed by atoms with E-state index in [4.69, 9.17) is 0 Å². The van der Waals surface area contributed by atoms with E-state index in [0.29, 0.717) is 0 Å². The Morgan fingerprint density at radius 2 is 0.619 bits per heavy atom. The predicted octanol–water partition coefficient (Wildman–Crippen LogP) is 13.0. The molecule has 0 rings (SSSR count). The highest BCUT2D eigenvalue weighted by Gasteiger charge is 2.11. The van der Waals surface area contributed by atoms with Crippen LogP contribution in [0.3, 0.4) is 0 Å². The molecule has 0 spiro atoms. The fourth-order valence-corrected chi connectivity index (χ4v) is 6.26. The SMILES string of the molecule is C=NCC(=O)N(CCCCCCCCCCCCCCCCCC)CCCCCCCCCCCCCCCCCC. The Hall–Kier alpha value is -0.860. The van der Waals surface area contributed by atoms with Crippen LogP contribution >= 0.6 is 0 Å². The van der Waals surface area contributed by atoms with Crippen molar-refractivity contribution in [2.45, 2.75) is 219 Å². The summed E-state index contributed by atoms with van der Waals surface area (Å²) in [6.07, 6.45) is 44.3. The van der Waals surface area contributed by atoms with Gasteiger partial charge in [-0.3, -0.25) is 9.79 Å². The van der Waals surface area contributed by atoms with Gasteiger partial charge in [-0.05, 0) is 19.6 Å². The maximum atomic E-state index is 12.5. The summed E-state index contributed by atoms with van der Waals surface area (Å²) in [5.41, 5.74) is 0. The molecule has 0 bridgehead atoms. The van der Waals surface area contributed by atoms with Gasteiger partial charge in [-0.2, -0.15) is 0 Å². The lowest BCUT2D eigenvalue weighted by Crippen LogP contribution is -2.34. The minimum absolute atomic E-state index is 0.173. The topological polar surface area (TPSA) is 32.7 Å². The zero-order chi connectivity index (χ0) is 30.6. The van der Waals surface area contributed by atoms with Crippen LogP contribution < -0.4 is 0 Å². The number of aliphatic imine (C=N–C) groups is 1. The number of nitrogens with zero attached hydrogens (tertiary/aromatic N) is 2. The zero-order valence-electron chi connectivity index (χ0n) is 29.3. The standard InChI is InChI=1S/C39H78N2O/c1-4-6-8-10-12-14-16-18-20-22-24-26-28-30-32-34-36-41(39(42)38-40-3)37-35-33-31-29-27-25-23-21-19-17-15-13-11-9-7-5-2/h3-38H2,1-2H3. The molecule has 0 atom stereocenters. The molecule has 0 aromatic heterocycles. The molecule has 0 radical (unpaired) electrons. The third-order valence-electron chi connectivity index (χ3n) is 9.16. The first kappa shape index (κ1) is 41.1. The molecule has 0 unspecified atom stereocenters. The molecule has 0 N–H and O–H groups in total. The molecule has 1 amide bonds. The number of rotatable bonds is 36. The Kier molecular flexibility index (Phi) is 35.6. The van der Waals surface area contributed by atoms with Gasteiger partial charge in [0.15, 0.2) is 0 Å². The first-order chi connectivity index (χ1) is 20.8. The van der Waals surface area contributed by atoms with Crippen LogP contribution in [-0.2, 0) is 4.79 Å². The van der Waals surface area contributed by atoms with Crippen molar-refractivity contribution in [2.75, 3.05) is 19.6 Å². The Morgan fingerprint density at radius 3 is 0.833 bits per heavy atom. The van der Waals surface area contributed by atoms with Gasteiger partial charge in [-0.25, -0.2) is 0 Å². The summed E-state index contributed by atoms with van der Waals surface area (Å²) in [6, 6.07) is 0. The van der Waals surface area contributed by atoms with Gasteiger partial charge in [0.1, 0.15) is 6.54 Å². The van der Waals surface area contributed by atoms with Gasteiger partial charge in [0.05, 0.1) is 0 Å². The zero-order valence-corrected chi connectivity index (χ0v) is 29.3. The molecule has 0 aliphatic rings. The Morgan fingerprint density at radius 1 is 0.405 bits per heavy atom. The Bertz CT molecular complexity index is 498. The van der Waals surface area contributed by atoms with Gasteiger partial charge in [-0.15, -0.1) is 0 Å². The fourth-order valence-electron chi connectivity index (χ4n) is 6.26. The van der Waals surface area contributed by atoms with E-state index in [9.17, 15) is 4.79 Å². The van der Waals surface area contributed by atoms with E-state index in [1.54, 1.807) is 0 Å². The monoisotopic (exact) mass is 591 g/mol. The van der Waals surface area contributed by atoms with Gasteiger partial charge in [0, 0.05) is 13.1 Å². The summed E-state index contributed by atoms with van der Waals surface area (Å²) in [5, 5.41) is 0. The van der Waals surface area contributed by atoms with Gasteiger partial charge in [0.2, 0.25) is 5.91 Å². The third kappa shape index (κ3) is 32.1. The van der Waals surface area contributed by atoms with Crippen molar-refractivity contribution in [1.29, 1.82) is 0 Å². The van der Waals surface area contributed by atoms with E-state index in [0.717, 1.165) is 25.9 Å². The van der Waals surface area contributed by atoms with Crippen molar-refractivity contribution in [1.82, 2.24) is 4.90 Å². The van der Waals surface area contributed by atoms with Gasteiger partial charge < -0.3 is 4.90 Å². The molecule has 0 aromatic carbocycles. The van der Waals surface area contributed by atoms with E-state index in [1.165, 1.54) is 193 Å². The van der Waals surface area contributed by atoms with Crippen LogP contribution in [0.2, 0.25) is 0 Å². The quantitative estimate of drug-likeness (QED) is 0.0527. The molecule has 3 nitrogen and oxygen atoms in total. The second-order valence-electron chi connectivity index (χ2n) is 13.4. The van der Waals surface area contributed by atoms with Gasteiger partial charge in [0.25, 0.3) is 0 Å². The molecule has 0 heterocycles. The molecule has 0 aromatic rings. The lowest BCUT2D eigenvalue weighted by molar-refractivity contribution is -0.129. The van der Waals surface area contributed by atoms with Crippen LogP contribution in [0.15, 0.2) is 4.99 Å². The smallest absolute Gasteiger partial charge is 0.244 e. The molecule has 3 heteroatoms. The summed E-state index contributed by atoms with van der Waals surface area (Å²) in [6.45, 7) is 10.2. The summed E-state index contributed by atoms with van der Waals surface area (Å²) < 4.78 is 0. The summed E-state index contributed by atoms with van der Waals surface area (Å²) >= 11 is 0. The highest BCUT2D eigenvalue weighted by Crippen LogP contribution is 2.16. The van der Waals surface area contributed by atoms with Crippen molar-refractivity contribution in [3.8, 4) is 0 Å². The minimum Gasteiger partial charge on any atom is -0.341 e. The van der Waals surface area contributed by atoms with Crippen LogP contribution in [-0.4, -0.2) is 37.2 Å². The lowest BCUT2D eigenvalue weighted by Gasteiger charge is -2.22. The summed E-state index contributed by atoms with van der Waals surface area (Å²) in [5.74, 6) is 0.173. The molecule has 0 saturated heterocycles. The van der Waals surface area contributed by atoms with Crippen molar-refractivity contribution in [2.24, 2.45) is 4.99 Å². The fraction of sp³-hybridized carbons (Fsp3) is 0.949. The second kappa shape index (κ2) is 36.3. The molecule has 42 heavy (non-hydrogen) atoms. The predicted molar refractivity (Wildman–Crippen MR) is 190 cm³/mol. The number of carbonyl (C=O) groups is 1. The van der Waals surface area contributed by atoms with E-state index in [1.807, 2.05) is 0 Å². The highest BCUT2D eigenvalue weighted by atomic mass is 16.2. The normalized spacial score (nSPS) is 11.3. The average Bonchev–Trinajstić information content (AvgIpc) is 2.99. The minimum atomic E-state index is 0.173. The molecule has 250 valence electrons. The molecule has 0 aliphatic carbocycles. The van der Waals surface area contributed by atoms with E-state index in [-0.39, 0.29) is 12.5 Å². The van der Waals surface area contributed by atoms with Crippen molar-refractivity contribution in [3.05, 3.63) is 0 Å². The summed E-state index contributed by atoms with van der Waals surface area (Å²) in [7, 11) is 0. The van der Waals surface area contributed by atoms with Crippen molar-refractivity contribution < 1.29 is 4.79 Å². The average molecular weight is 591 g/mol. The lowest BCUT2D eigenvalue weighted by atomic mass is 10.0. The van der Waals surface area contributed by atoms with Gasteiger partial charge >= 0.3 is 0 Å². The van der Waals surface area contributed by atoms with Crippen LogP contribution in [0.5, 0.6) is 0 Å². The number of carbonyl (C=O) groups excluding carboxylic acids is 1. The number of unbranched alkanes of at least 4 members (excludes halogenated alkanes) is 30. The van der Waals surface area contributed by atoms with Crippen LogP contribution in [0.25, 0.3) is 0 Å². The highest BCUT2D eigenvalue weighted by molar-refractivity contribution is 5.78. The number of hydrogen-bond donors (Lipinski definition) is 0. The molecular weight excluding hydrogens is 512 g/mol. The van der Waals surface area contributed by atoms with E-state index in [2.05, 4.69) is 30.5 Å². The maximum Gasteiger partial charge on any atom is 0.244 e. The largest absolute Gasteiger partial charge is 0.341 e. The van der Waals surface area contributed by atoms with Gasteiger partial charge in [-0.1, -0.05) is 206 Å². The maximum absolute atomic E-state index is 12.5. The first-order valence-electron chi connectivity index (χ1n) is 19.5. The Labute approximate surface area is 265 Å². The third-order valence-corrected chi connectivity index (χ3v) is 9.16. The second-order valence-corrected chi connectivity index (χ2v) is 13.4. The van der Waals surface area contributed by atoms with Crippen LogP contribution in [0.4, 0.5) is 0 Å². The molecule has 0 fully saturated rings. The van der Waals surface area contributed by atoms with Crippen molar-refractivity contribution >= 4 is 12.6 Å². The van der Waals surface area contributed by atoms with Crippen molar-refractivity contribution in [3.63, 3.8) is 0 Å². The molecular formula is C39H78N2O. The number of amides is 1. The van der Waals surface area contributed by atoms with E-state index >= 15 is 0 Å². The first-order valence-corrected chi connectivity index (χ1v) is 19.5.